The van der Waals surface area contributed by atoms with Gasteiger partial charge in [-0.3, -0.25) is 15.0 Å². The summed E-state index contributed by atoms with van der Waals surface area (Å²) in [4.78, 5) is 30.0. The zero-order chi connectivity index (χ0) is 16.9. The van der Waals surface area contributed by atoms with Gasteiger partial charge >= 0.3 is 0 Å². The van der Waals surface area contributed by atoms with Crippen LogP contribution in [0.4, 0.5) is 11.5 Å². The van der Waals surface area contributed by atoms with E-state index in [4.69, 9.17) is 0 Å². The first-order valence-electron chi connectivity index (χ1n) is 7.76. The van der Waals surface area contributed by atoms with Gasteiger partial charge in [-0.25, -0.2) is 4.98 Å². The number of rotatable bonds is 5. The quantitative estimate of drug-likeness (QED) is 0.474. The lowest BCUT2D eigenvalue weighted by molar-refractivity contribution is -0.385. The Morgan fingerprint density at radius 3 is 2.62 bits per heavy atom. The first-order chi connectivity index (χ1) is 11.7. The van der Waals surface area contributed by atoms with Crippen molar-refractivity contribution in [2.45, 2.75) is 12.6 Å². The first-order valence-corrected chi connectivity index (χ1v) is 7.76. The Hall–Kier alpha value is -2.80. The van der Waals surface area contributed by atoms with Crippen LogP contribution in [-0.2, 0) is 11.3 Å². The number of pyridine rings is 1. The summed E-state index contributed by atoms with van der Waals surface area (Å²) in [6.07, 6.45) is 2.21. The van der Waals surface area contributed by atoms with Gasteiger partial charge in [0, 0.05) is 32.2 Å². The Morgan fingerprint density at radius 1 is 1.21 bits per heavy atom. The van der Waals surface area contributed by atoms with Crippen LogP contribution < -0.4 is 4.90 Å². The lowest BCUT2D eigenvalue weighted by Crippen LogP contribution is -2.53. The van der Waals surface area contributed by atoms with Crippen molar-refractivity contribution in [1.82, 2.24) is 9.88 Å². The predicted octanol–water partition coefficient (Wildman–Crippen LogP) is 1.88. The summed E-state index contributed by atoms with van der Waals surface area (Å²) in [6.45, 7) is 2.71. The molecule has 1 unspecified atom stereocenters. The monoisotopic (exact) mass is 326 g/mol. The van der Waals surface area contributed by atoms with Gasteiger partial charge in [0.1, 0.15) is 18.3 Å². The van der Waals surface area contributed by atoms with Gasteiger partial charge in [-0.1, -0.05) is 30.3 Å². The van der Waals surface area contributed by atoms with Gasteiger partial charge in [0.2, 0.25) is 0 Å². The molecule has 2 heterocycles. The highest BCUT2D eigenvalue weighted by atomic mass is 16.6. The number of aldehydes is 1. The van der Waals surface area contributed by atoms with Crippen molar-refractivity contribution >= 4 is 17.8 Å². The molecule has 1 fully saturated rings. The first kappa shape index (κ1) is 16.1. The number of carbonyl (C=O) groups excluding carboxylic acids is 1. The Bertz CT molecular complexity index is 706. The summed E-state index contributed by atoms with van der Waals surface area (Å²) in [5.74, 6) is 0.659. The normalized spacial score (nSPS) is 18.3. The third kappa shape index (κ3) is 3.57. The second-order valence-electron chi connectivity index (χ2n) is 5.74. The zero-order valence-corrected chi connectivity index (χ0v) is 13.1. The van der Waals surface area contributed by atoms with E-state index in [2.05, 4.69) is 9.88 Å². The molecule has 7 nitrogen and oxygen atoms in total. The molecule has 7 heteroatoms. The molecule has 24 heavy (non-hydrogen) atoms. The van der Waals surface area contributed by atoms with E-state index in [1.165, 1.54) is 17.8 Å². The van der Waals surface area contributed by atoms with Crippen molar-refractivity contribution in [3.05, 3.63) is 64.3 Å². The number of aromatic nitrogens is 1. The molecule has 3 rings (SSSR count). The molecule has 0 amide bonds. The minimum atomic E-state index is -0.469. The van der Waals surface area contributed by atoms with Crippen molar-refractivity contribution in [2.24, 2.45) is 0 Å². The molecule has 1 aromatic carbocycles. The second-order valence-corrected chi connectivity index (χ2v) is 5.74. The van der Waals surface area contributed by atoms with Crippen LogP contribution in [0.25, 0.3) is 0 Å². The molecule has 1 aliphatic heterocycles. The number of hydrogen-bond donors (Lipinski definition) is 0. The SMILES string of the molecule is O=CC1CN(c2ccc([N+](=O)[O-])cn2)CCN1Cc1ccccc1. The van der Waals surface area contributed by atoms with E-state index in [-0.39, 0.29) is 11.7 Å². The molecule has 1 aromatic heterocycles. The van der Waals surface area contributed by atoms with Crippen molar-refractivity contribution < 1.29 is 9.72 Å². The largest absolute Gasteiger partial charge is 0.353 e. The zero-order valence-electron chi connectivity index (χ0n) is 13.1. The van der Waals surface area contributed by atoms with Crippen LogP contribution in [-0.4, -0.2) is 46.8 Å². The second kappa shape index (κ2) is 7.18. The minimum absolute atomic E-state index is 0.0339. The number of hydrogen-bond acceptors (Lipinski definition) is 6. The van der Waals surface area contributed by atoms with Crippen molar-refractivity contribution in [1.29, 1.82) is 0 Å². The maximum atomic E-state index is 11.5. The van der Waals surface area contributed by atoms with Gasteiger partial charge in [0.05, 0.1) is 11.0 Å². The molecule has 2 aromatic rings. The van der Waals surface area contributed by atoms with Gasteiger partial charge in [-0.15, -0.1) is 0 Å². The van der Waals surface area contributed by atoms with E-state index >= 15 is 0 Å². The third-order valence-electron chi connectivity index (χ3n) is 4.19. The molecule has 0 radical (unpaired) electrons. The fourth-order valence-electron chi connectivity index (χ4n) is 2.87. The molecular weight excluding hydrogens is 308 g/mol. The molecule has 0 N–H and O–H groups in total. The number of carbonyl (C=O) groups is 1. The minimum Gasteiger partial charge on any atom is -0.353 e. The number of nitrogens with zero attached hydrogens (tertiary/aromatic N) is 4. The Labute approximate surface area is 139 Å². The average molecular weight is 326 g/mol. The summed E-state index contributed by atoms with van der Waals surface area (Å²) in [5, 5.41) is 10.7. The predicted molar refractivity (Wildman–Crippen MR) is 89.8 cm³/mol. The Kier molecular flexibility index (Phi) is 4.81. The van der Waals surface area contributed by atoms with Gasteiger partial charge in [-0.05, 0) is 11.6 Å². The fourth-order valence-corrected chi connectivity index (χ4v) is 2.87. The van der Waals surface area contributed by atoms with Gasteiger partial charge in [0.15, 0.2) is 0 Å². The lowest BCUT2D eigenvalue weighted by atomic mass is 10.1. The summed E-state index contributed by atoms with van der Waals surface area (Å²) in [7, 11) is 0. The molecule has 0 aliphatic carbocycles. The fraction of sp³-hybridized carbons (Fsp3) is 0.294. The number of benzene rings is 1. The molecule has 124 valence electrons. The van der Waals surface area contributed by atoms with E-state index in [0.29, 0.717) is 12.4 Å². The molecule has 0 bridgehead atoms. The Morgan fingerprint density at radius 2 is 2.00 bits per heavy atom. The number of anilines is 1. The summed E-state index contributed by atoms with van der Waals surface area (Å²) < 4.78 is 0. The maximum absolute atomic E-state index is 11.5. The Balaban J connectivity index is 1.68. The molecule has 1 saturated heterocycles. The standard InChI is InChI=1S/C17H18N4O3/c22-13-16-12-20(17-7-6-15(10-18-17)21(23)24)9-8-19(16)11-14-4-2-1-3-5-14/h1-7,10,13,16H,8-9,11-12H2. The molecule has 1 aliphatic rings. The highest BCUT2D eigenvalue weighted by molar-refractivity contribution is 5.60. The van der Waals surface area contributed by atoms with Crippen LogP contribution in [0.1, 0.15) is 5.56 Å². The lowest BCUT2D eigenvalue weighted by Gasteiger charge is -2.39. The highest BCUT2D eigenvalue weighted by Gasteiger charge is 2.27. The smallest absolute Gasteiger partial charge is 0.287 e. The molecule has 0 saturated carbocycles. The topological polar surface area (TPSA) is 79.6 Å². The third-order valence-corrected chi connectivity index (χ3v) is 4.19. The van der Waals surface area contributed by atoms with Crippen LogP contribution >= 0.6 is 0 Å². The van der Waals surface area contributed by atoms with Crippen LogP contribution in [0.5, 0.6) is 0 Å². The van der Waals surface area contributed by atoms with E-state index in [1.54, 1.807) is 6.07 Å². The average Bonchev–Trinajstić information content (AvgIpc) is 2.63. The summed E-state index contributed by atoms with van der Waals surface area (Å²) >= 11 is 0. The summed E-state index contributed by atoms with van der Waals surface area (Å²) in [5.41, 5.74) is 1.14. The van der Waals surface area contributed by atoms with Crippen LogP contribution in [0.2, 0.25) is 0 Å². The van der Waals surface area contributed by atoms with Crippen LogP contribution in [0.3, 0.4) is 0 Å². The van der Waals surface area contributed by atoms with Crippen LogP contribution in [0, 0.1) is 10.1 Å². The van der Waals surface area contributed by atoms with Crippen molar-refractivity contribution in [2.75, 3.05) is 24.5 Å². The maximum Gasteiger partial charge on any atom is 0.287 e. The van der Waals surface area contributed by atoms with Crippen molar-refractivity contribution in [3.8, 4) is 0 Å². The van der Waals surface area contributed by atoms with Gasteiger partial charge in [0.25, 0.3) is 5.69 Å². The molecule has 1 atom stereocenters. The highest BCUT2D eigenvalue weighted by Crippen LogP contribution is 2.20. The summed E-state index contributed by atoms with van der Waals surface area (Å²) in [6, 6.07) is 12.9. The van der Waals surface area contributed by atoms with E-state index in [0.717, 1.165) is 25.9 Å². The number of nitro groups is 1. The van der Waals surface area contributed by atoms with Crippen LogP contribution in [0.15, 0.2) is 48.7 Å². The van der Waals surface area contributed by atoms with E-state index in [9.17, 15) is 14.9 Å². The molecule has 0 spiro atoms. The van der Waals surface area contributed by atoms with Gasteiger partial charge in [-0.2, -0.15) is 0 Å². The van der Waals surface area contributed by atoms with E-state index in [1.807, 2.05) is 35.2 Å². The van der Waals surface area contributed by atoms with Gasteiger partial charge < -0.3 is 9.69 Å². The van der Waals surface area contributed by atoms with E-state index < -0.39 is 4.92 Å². The molecular formula is C17H18N4O3. The van der Waals surface area contributed by atoms with Crippen molar-refractivity contribution in [3.63, 3.8) is 0 Å². The number of piperazine rings is 1.